The maximum atomic E-state index is 14.3. The first kappa shape index (κ1) is 18.3. The molecule has 0 bridgehead atoms. The van der Waals surface area contributed by atoms with Crippen LogP contribution in [-0.2, 0) is 0 Å². The molecule has 168 valence electrons. The van der Waals surface area contributed by atoms with E-state index in [4.69, 9.17) is 4.98 Å². The molecule has 10 rings (SSSR count). The first-order chi connectivity index (χ1) is 18.3. The first-order valence-electron chi connectivity index (χ1n) is 12.6. The molecule has 0 saturated carbocycles. The average molecular weight is 469 g/mol. The Bertz CT molecular complexity index is 2640. The van der Waals surface area contributed by atoms with Crippen molar-refractivity contribution in [2.24, 2.45) is 0 Å². The minimum Gasteiger partial charge on any atom is -0.268 e. The molecule has 0 N–H and O–H groups in total. The molecule has 0 saturated heterocycles. The van der Waals surface area contributed by atoms with Crippen molar-refractivity contribution in [3.05, 3.63) is 107 Å². The van der Waals surface area contributed by atoms with Crippen molar-refractivity contribution in [3.63, 3.8) is 0 Å². The van der Waals surface area contributed by atoms with Crippen LogP contribution >= 0.6 is 0 Å². The lowest BCUT2D eigenvalue weighted by molar-refractivity contribution is 1.22. The van der Waals surface area contributed by atoms with Crippen LogP contribution in [0.5, 0.6) is 0 Å². The second kappa shape index (κ2) is 5.85. The van der Waals surface area contributed by atoms with Gasteiger partial charge in [0.15, 0.2) is 0 Å². The van der Waals surface area contributed by atoms with E-state index in [1.165, 1.54) is 43.1 Å². The molecule has 8 aromatic carbocycles. The summed E-state index contributed by atoms with van der Waals surface area (Å²) in [6.07, 6.45) is 0. The Morgan fingerprint density at radius 3 is 1.76 bits per heavy atom. The molecule has 2 heterocycles. The molecule has 2 aromatic heterocycles. The van der Waals surface area contributed by atoms with Crippen LogP contribution in [0, 0.1) is 0 Å². The zero-order valence-corrected chi connectivity index (χ0v) is 19.5. The van der Waals surface area contributed by atoms with E-state index in [1.807, 2.05) is 16.5 Å². The highest BCUT2D eigenvalue weighted by Crippen LogP contribution is 2.48. The van der Waals surface area contributed by atoms with Crippen LogP contribution in [-0.4, -0.2) is 9.38 Å². The Morgan fingerprint density at radius 2 is 1.08 bits per heavy atom. The zero-order chi connectivity index (χ0) is 24.0. The van der Waals surface area contributed by atoms with Gasteiger partial charge in [-0.2, -0.15) is 0 Å². The summed E-state index contributed by atoms with van der Waals surface area (Å²) >= 11 is 0. The fraction of sp³-hybridized carbons (Fsp3) is 0. The van der Waals surface area contributed by atoms with E-state index in [9.17, 15) is 4.79 Å². The summed E-state index contributed by atoms with van der Waals surface area (Å²) in [6.45, 7) is 0. The fourth-order valence-corrected chi connectivity index (χ4v) is 7.12. The highest BCUT2D eigenvalue weighted by atomic mass is 16.1. The number of aromatic nitrogens is 2. The minimum absolute atomic E-state index is 0.0143. The third-order valence-electron chi connectivity index (χ3n) is 8.58. The van der Waals surface area contributed by atoms with E-state index >= 15 is 0 Å². The second-order valence-corrected chi connectivity index (χ2v) is 10.3. The molecule has 0 aliphatic carbocycles. The van der Waals surface area contributed by atoms with E-state index in [2.05, 4.69) is 84.9 Å². The number of benzene rings is 8. The van der Waals surface area contributed by atoms with E-state index in [-0.39, 0.29) is 5.56 Å². The summed E-state index contributed by atoms with van der Waals surface area (Å²) in [5, 5.41) is 16.0. The SMILES string of the molecule is O=c1c2c3ccc4cccc5c6cccc7ccc(c(c76)c3c45)c2c2nc3cc4ccccc4cc3n12. The predicted molar refractivity (Wildman–Crippen MR) is 155 cm³/mol. The zero-order valence-electron chi connectivity index (χ0n) is 19.5. The molecule has 3 nitrogen and oxygen atoms in total. The van der Waals surface area contributed by atoms with Crippen molar-refractivity contribution >= 4 is 92.1 Å². The van der Waals surface area contributed by atoms with Gasteiger partial charge < -0.3 is 0 Å². The first-order valence-corrected chi connectivity index (χ1v) is 12.6. The Balaban J connectivity index is 1.59. The average Bonchev–Trinajstić information content (AvgIpc) is 3.44. The number of rotatable bonds is 0. The third kappa shape index (κ3) is 1.93. The number of nitrogens with zero attached hydrogens (tertiary/aromatic N) is 2. The van der Waals surface area contributed by atoms with Crippen LogP contribution in [0.25, 0.3) is 92.1 Å². The maximum Gasteiger partial charge on any atom is 0.265 e. The predicted octanol–water partition coefficient (Wildman–Crippen LogP) is 8.23. The summed E-state index contributed by atoms with van der Waals surface area (Å²) in [5.41, 5.74) is 2.49. The van der Waals surface area contributed by atoms with Gasteiger partial charge in [0.25, 0.3) is 5.56 Å². The fourth-order valence-electron chi connectivity index (χ4n) is 7.12. The molecule has 37 heavy (non-hydrogen) atoms. The van der Waals surface area contributed by atoms with Crippen LogP contribution < -0.4 is 5.56 Å². The van der Waals surface area contributed by atoms with Crippen molar-refractivity contribution in [1.82, 2.24) is 9.38 Å². The van der Waals surface area contributed by atoms with E-state index < -0.39 is 0 Å². The molecule has 0 radical (unpaired) electrons. The van der Waals surface area contributed by atoms with Gasteiger partial charge in [0.05, 0.1) is 16.4 Å². The molecular weight excluding hydrogens is 452 g/mol. The summed E-state index contributed by atoms with van der Waals surface area (Å²) in [6, 6.07) is 34.3. The maximum absolute atomic E-state index is 14.3. The topological polar surface area (TPSA) is 34.4 Å². The number of imidazole rings is 1. The van der Waals surface area contributed by atoms with Crippen molar-refractivity contribution in [2.75, 3.05) is 0 Å². The van der Waals surface area contributed by atoms with Crippen molar-refractivity contribution < 1.29 is 0 Å². The Hall–Kier alpha value is -5.02. The van der Waals surface area contributed by atoms with Crippen LogP contribution in [0.2, 0.25) is 0 Å². The Labute approximate surface area is 208 Å². The van der Waals surface area contributed by atoms with Gasteiger partial charge in [-0.25, -0.2) is 4.98 Å². The summed E-state index contributed by atoms with van der Waals surface area (Å²) in [4.78, 5) is 19.4. The smallest absolute Gasteiger partial charge is 0.265 e. The molecule has 0 aliphatic heterocycles. The van der Waals surface area contributed by atoms with Crippen LogP contribution in [0.3, 0.4) is 0 Å². The molecule has 0 unspecified atom stereocenters. The van der Waals surface area contributed by atoms with Gasteiger partial charge in [-0.05, 0) is 76.8 Å². The molecule has 3 heteroatoms. The molecule has 0 aliphatic rings. The van der Waals surface area contributed by atoms with Gasteiger partial charge in [0.1, 0.15) is 5.65 Å². The van der Waals surface area contributed by atoms with Crippen LogP contribution in [0.15, 0.2) is 102 Å². The molecule has 0 atom stereocenters. The van der Waals surface area contributed by atoms with Crippen molar-refractivity contribution in [3.8, 4) is 0 Å². The Kier molecular flexibility index (Phi) is 2.89. The standard InChI is InChI=1S/C34H16N2O/c37-34-32-24-14-12-18-8-4-10-22-21-9-3-7-17-11-13-23(29(27(17)21)30(24)28(18)22)31(32)33-35-25-15-19-5-1-2-6-20(19)16-26(25)36(33)34/h1-16H. The molecular formula is C34H16N2O. The number of hydrogen-bond donors (Lipinski definition) is 0. The highest BCUT2D eigenvalue weighted by Gasteiger charge is 2.25. The number of hydrogen-bond acceptors (Lipinski definition) is 2. The lowest BCUT2D eigenvalue weighted by atomic mass is 9.84. The minimum atomic E-state index is 0.0143. The van der Waals surface area contributed by atoms with Gasteiger partial charge in [0.2, 0.25) is 0 Å². The van der Waals surface area contributed by atoms with Gasteiger partial charge >= 0.3 is 0 Å². The third-order valence-corrected chi connectivity index (χ3v) is 8.58. The number of fused-ring (bicyclic) bond motifs is 9. The van der Waals surface area contributed by atoms with Gasteiger partial charge in [0, 0.05) is 5.39 Å². The Morgan fingerprint density at radius 1 is 0.486 bits per heavy atom. The van der Waals surface area contributed by atoms with Gasteiger partial charge in [-0.15, -0.1) is 0 Å². The second-order valence-electron chi connectivity index (χ2n) is 10.3. The van der Waals surface area contributed by atoms with Gasteiger partial charge in [-0.3, -0.25) is 9.20 Å². The summed E-state index contributed by atoms with van der Waals surface area (Å²) in [7, 11) is 0. The highest BCUT2D eigenvalue weighted by molar-refractivity contribution is 6.45. The molecule has 0 fully saturated rings. The lowest BCUT2D eigenvalue weighted by Crippen LogP contribution is -2.06. The van der Waals surface area contributed by atoms with E-state index in [0.717, 1.165) is 49.0 Å². The quantitative estimate of drug-likeness (QED) is 0.166. The summed E-state index contributed by atoms with van der Waals surface area (Å²) in [5.74, 6) is 0. The molecule has 0 spiro atoms. The van der Waals surface area contributed by atoms with Crippen molar-refractivity contribution in [2.45, 2.75) is 0 Å². The van der Waals surface area contributed by atoms with Crippen LogP contribution in [0.4, 0.5) is 0 Å². The molecule has 10 aromatic rings. The molecule has 0 amide bonds. The van der Waals surface area contributed by atoms with E-state index in [0.29, 0.717) is 0 Å². The van der Waals surface area contributed by atoms with Crippen LogP contribution in [0.1, 0.15) is 0 Å². The largest absolute Gasteiger partial charge is 0.268 e. The van der Waals surface area contributed by atoms with Crippen molar-refractivity contribution in [1.29, 1.82) is 0 Å². The lowest BCUT2D eigenvalue weighted by Gasteiger charge is -2.18. The summed E-state index contributed by atoms with van der Waals surface area (Å²) < 4.78 is 1.84. The van der Waals surface area contributed by atoms with E-state index in [1.54, 1.807) is 0 Å². The normalized spacial score (nSPS) is 13.0. The monoisotopic (exact) mass is 468 g/mol. The van der Waals surface area contributed by atoms with Gasteiger partial charge in [-0.1, -0.05) is 84.9 Å².